The minimum atomic E-state index is -0.577. The Morgan fingerprint density at radius 2 is 1.87 bits per heavy atom. The van der Waals surface area contributed by atoms with E-state index in [2.05, 4.69) is 26.1 Å². The van der Waals surface area contributed by atoms with Crippen LogP contribution in [0.4, 0.5) is 5.69 Å². The number of hydrogen-bond donors (Lipinski definition) is 1. The molecule has 31 heavy (non-hydrogen) atoms. The third kappa shape index (κ3) is 5.34. The molecule has 1 fully saturated rings. The summed E-state index contributed by atoms with van der Waals surface area (Å²) in [7, 11) is 1.70. The Morgan fingerprint density at radius 1 is 1.06 bits per heavy atom. The molecule has 8 nitrogen and oxygen atoms in total. The molecule has 1 aliphatic rings. The van der Waals surface area contributed by atoms with Crippen molar-refractivity contribution >= 4 is 5.69 Å². The molecule has 164 valence electrons. The Morgan fingerprint density at radius 3 is 2.61 bits per heavy atom. The topological polar surface area (TPSA) is 84.1 Å². The number of nitrogens with zero attached hydrogens (tertiary/aromatic N) is 4. The molecule has 8 heteroatoms. The van der Waals surface area contributed by atoms with Gasteiger partial charge in [-0.3, -0.25) is 4.90 Å². The quantitative estimate of drug-likeness (QED) is 0.591. The first-order chi connectivity index (χ1) is 15.1. The number of para-hydroxylation sites is 2. The lowest BCUT2D eigenvalue weighted by molar-refractivity contribution is 0.0663. The fraction of sp³-hybridized carbons (Fsp3) is 0.391. The van der Waals surface area contributed by atoms with Gasteiger partial charge in [0.05, 0.1) is 12.8 Å². The number of ether oxygens (including phenoxy) is 2. The van der Waals surface area contributed by atoms with Gasteiger partial charge in [-0.15, -0.1) is 10.2 Å². The lowest BCUT2D eigenvalue weighted by Gasteiger charge is -2.37. The standard InChI is InChI=1S/C23H28N4O4/c1-17-24-25-23(31-17)18-6-5-7-20(14-18)30-16-19(28)15-26-10-12-27(13-11-26)21-8-3-4-9-22(21)29-2/h3-9,14,19,28H,10-13,15-16H2,1-2H3. The van der Waals surface area contributed by atoms with Gasteiger partial charge < -0.3 is 23.9 Å². The smallest absolute Gasteiger partial charge is 0.247 e. The van der Waals surface area contributed by atoms with Crippen LogP contribution in [0.5, 0.6) is 11.5 Å². The molecule has 2 aromatic carbocycles. The van der Waals surface area contributed by atoms with Gasteiger partial charge in [-0.05, 0) is 30.3 Å². The summed E-state index contributed by atoms with van der Waals surface area (Å²) in [5, 5.41) is 18.4. The first kappa shape index (κ1) is 21.1. The van der Waals surface area contributed by atoms with E-state index in [4.69, 9.17) is 13.9 Å². The molecule has 2 heterocycles. The van der Waals surface area contributed by atoms with Gasteiger partial charge in [0, 0.05) is 45.2 Å². The number of hydrogen-bond acceptors (Lipinski definition) is 8. The highest BCUT2D eigenvalue weighted by molar-refractivity contribution is 5.58. The zero-order valence-corrected chi connectivity index (χ0v) is 17.9. The van der Waals surface area contributed by atoms with Crippen LogP contribution in [0.1, 0.15) is 5.89 Å². The van der Waals surface area contributed by atoms with Crippen molar-refractivity contribution in [3.05, 3.63) is 54.4 Å². The minimum absolute atomic E-state index is 0.221. The largest absolute Gasteiger partial charge is 0.495 e. The van der Waals surface area contributed by atoms with E-state index in [1.165, 1.54) is 0 Å². The van der Waals surface area contributed by atoms with Crippen molar-refractivity contribution < 1.29 is 19.0 Å². The molecule has 1 aliphatic heterocycles. The highest BCUT2D eigenvalue weighted by atomic mass is 16.5. The molecule has 1 saturated heterocycles. The predicted molar refractivity (Wildman–Crippen MR) is 118 cm³/mol. The molecule has 3 aromatic rings. The van der Waals surface area contributed by atoms with Gasteiger partial charge in [0.2, 0.25) is 11.8 Å². The van der Waals surface area contributed by atoms with E-state index in [9.17, 15) is 5.11 Å². The third-order valence-electron chi connectivity index (χ3n) is 5.32. The van der Waals surface area contributed by atoms with Crippen LogP contribution in [0.15, 0.2) is 52.9 Å². The zero-order chi connectivity index (χ0) is 21.6. The molecule has 0 bridgehead atoms. The van der Waals surface area contributed by atoms with Crippen LogP contribution >= 0.6 is 0 Å². The summed E-state index contributed by atoms with van der Waals surface area (Å²) in [5.74, 6) is 2.52. The summed E-state index contributed by atoms with van der Waals surface area (Å²) in [4.78, 5) is 4.58. The number of benzene rings is 2. The SMILES string of the molecule is COc1ccccc1N1CCN(CC(O)COc2cccc(-c3nnc(C)o3)c2)CC1. The Bertz CT molecular complexity index is 985. The van der Waals surface area contributed by atoms with Crippen molar-refractivity contribution in [1.29, 1.82) is 0 Å². The molecule has 4 rings (SSSR count). The fourth-order valence-electron chi connectivity index (χ4n) is 3.74. The van der Waals surface area contributed by atoms with Crippen molar-refractivity contribution in [2.75, 3.05) is 51.3 Å². The highest BCUT2D eigenvalue weighted by Gasteiger charge is 2.21. The Balaban J connectivity index is 1.25. The van der Waals surface area contributed by atoms with E-state index >= 15 is 0 Å². The minimum Gasteiger partial charge on any atom is -0.495 e. The maximum atomic E-state index is 10.5. The molecule has 0 amide bonds. The number of methoxy groups -OCH3 is 1. The third-order valence-corrected chi connectivity index (χ3v) is 5.32. The Hall–Kier alpha value is -3.10. The number of aromatic nitrogens is 2. The molecular weight excluding hydrogens is 396 g/mol. The number of piperazine rings is 1. The van der Waals surface area contributed by atoms with E-state index in [0.29, 0.717) is 24.1 Å². The van der Waals surface area contributed by atoms with Crippen LogP contribution in [-0.2, 0) is 0 Å². The maximum absolute atomic E-state index is 10.5. The summed E-state index contributed by atoms with van der Waals surface area (Å²) in [6, 6.07) is 15.5. The van der Waals surface area contributed by atoms with Gasteiger partial charge in [0.25, 0.3) is 0 Å². The van der Waals surface area contributed by atoms with Crippen molar-refractivity contribution in [2.45, 2.75) is 13.0 Å². The summed E-state index contributed by atoms with van der Waals surface area (Å²) in [5.41, 5.74) is 1.91. The maximum Gasteiger partial charge on any atom is 0.247 e. The lowest BCUT2D eigenvalue weighted by Crippen LogP contribution is -2.49. The summed E-state index contributed by atoms with van der Waals surface area (Å²) < 4.78 is 16.7. The second-order valence-electron chi connectivity index (χ2n) is 7.58. The van der Waals surface area contributed by atoms with Gasteiger partial charge in [0.15, 0.2) is 0 Å². The number of rotatable bonds is 8. The molecule has 0 saturated carbocycles. The van der Waals surface area contributed by atoms with Crippen LogP contribution in [0.2, 0.25) is 0 Å². The first-order valence-corrected chi connectivity index (χ1v) is 10.4. The van der Waals surface area contributed by atoms with Crippen LogP contribution in [0, 0.1) is 6.92 Å². The molecular formula is C23H28N4O4. The number of aliphatic hydroxyl groups excluding tert-OH is 1. The second-order valence-corrected chi connectivity index (χ2v) is 7.58. The fourth-order valence-corrected chi connectivity index (χ4v) is 3.74. The lowest BCUT2D eigenvalue weighted by atomic mass is 10.2. The van der Waals surface area contributed by atoms with Crippen LogP contribution in [0.3, 0.4) is 0 Å². The Kier molecular flexibility index (Phi) is 6.69. The van der Waals surface area contributed by atoms with Crippen molar-refractivity contribution in [3.63, 3.8) is 0 Å². The van der Waals surface area contributed by atoms with E-state index in [1.54, 1.807) is 14.0 Å². The number of aliphatic hydroxyl groups is 1. The number of β-amino-alcohol motifs (C(OH)–C–C–N with tert-alkyl or cyclic N) is 1. The van der Waals surface area contributed by atoms with Crippen molar-refractivity contribution in [2.24, 2.45) is 0 Å². The average Bonchev–Trinajstić information content (AvgIpc) is 3.25. The molecule has 1 unspecified atom stereocenters. The van der Waals surface area contributed by atoms with Crippen LogP contribution in [0.25, 0.3) is 11.5 Å². The Labute approximate surface area is 182 Å². The van der Waals surface area contributed by atoms with E-state index in [0.717, 1.165) is 43.2 Å². The van der Waals surface area contributed by atoms with Gasteiger partial charge in [-0.25, -0.2) is 0 Å². The van der Waals surface area contributed by atoms with Crippen molar-refractivity contribution in [1.82, 2.24) is 15.1 Å². The normalized spacial score (nSPS) is 15.6. The molecule has 1 atom stereocenters. The molecule has 0 radical (unpaired) electrons. The average molecular weight is 425 g/mol. The van der Waals surface area contributed by atoms with Crippen molar-refractivity contribution in [3.8, 4) is 23.0 Å². The molecule has 1 aromatic heterocycles. The van der Waals surface area contributed by atoms with E-state index in [-0.39, 0.29) is 6.61 Å². The molecule has 0 aliphatic carbocycles. The van der Waals surface area contributed by atoms with Gasteiger partial charge in [-0.2, -0.15) is 0 Å². The zero-order valence-electron chi connectivity index (χ0n) is 17.9. The highest BCUT2D eigenvalue weighted by Crippen LogP contribution is 2.28. The first-order valence-electron chi connectivity index (χ1n) is 10.4. The van der Waals surface area contributed by atoms with Crippen LogP contribution in [-0.4, -0.2) is 72.7 Å². The van der Waals surface area contributed by atoms with Gasteiger partial charge in [-0.1, -0.05) is 18.2 Å². The van der Waals surface area contributed by atoms with Crippen LogP contribution < -0.4 is 14.4 Å². The van der Waals surface area contributed by atoms with E-state index < -0.39 is 6.10 Å². The summed E-state index contributed by atoms with van der Waals surface area (Å²) in [6.07, 6.45) is -0.577. The van der Waals surface area contributed by atoms with E-state index in [1.807, 2.05) is 42.5 Å². The van der Waals surface area contributed by atoms with Gasteiger partial charge >= 0.3 is 0 Å². The number of anilines is 1. The molecule has 0 spiro atoms. The number of aryl methyl sites for hydroxylation is 1. The predicted octanol–water partition coefficient (Wildman–Crippen LogP) is 2.62. The van der Waals surface area contributed by atoms with Gasteiger partial charge in [0.1, 0.15) is 24.2 Å². The monoisotopic (exact) mass is 424 g/mol. The summed E-state index contributed by atoms with van der Waals surface area (Å²) in [6.45, 7) is 6.08. The molecule has 1 N–H and O–H groups in total. The summed E-state index contributed by atoms with van der Waals surface area (Å²) >= 11 is 0. The second kappa shape index (κ2) is 9.80.